The molecule has 1 aromatic carbocycles. The number of hydrogen-bond acceptors (Lipinski definition) is 2. The first-order valence-corrected chi connectivity index (χ1v) is 11.2. The van der Waals surface area contributed by atoms with Crippen molar-refractivity contribution in [2.45, 2.75) is 77.2 Å². The van der Waals surface area contributed by atoms with Gasteiger partial charge in [-0.3, -0.25) is 4.79 Å². The molecule has 4 aliphatic carbocycles. The third-order valence-corrected chi connectivity index (χ3v) is 8.47. The van der Waals surface area contributed by atoms with Crippen LogP contribution < -0.4 is 0 Å². The minimum absolute atomic E-state index is 0.0223. The van der Waals surface area contributed by atoms with Crippen molar-refractivity contribution in [3.05, 3.63) is 58.2 Å². The van der Waals surface area contributed by atoms with Gasteiger partial charge in [0.1, 0.15) is 0 Å². The number of hydrogen-bond donors (Lipinski definition) is 1. The van der Waals surface area contributed by atoms with Crippen molar-refractivity contribution in [1.29, 1.82) is 0 Å². The third kappa shape index (κ3) is 2.68. The molecule has 0 aromatic heterocycles. The number of carbonyl (C=O) groups excluding carboxylic acids is 1. The Morgan fingerprint density at radius 2 is 1.86 bits per heavy atom. The Balaban J connectivity index is 1.66. The van der Waals surface area contributed by atoms with Crippen molar-refractivity contribution in [3.8, 4) is 0 Å². The lowest BCUT2D eigenvalue weighted by atomic mass is 9.53. The van der Waals surface area contributed by atoms with Crippen molar-refractivity contribution >= 4 is 5.78 Å². The molecular formula is C26H32O2. The number of aryl methyl sites for hydroxylation is 1. The first-order chi connectivity index (χ1) is 13.5. The zero-order valence-corrected chi connectivity index (χ0v) is 17.2. The van der Waals surface area contributed by atoms with E-state index in [0.29, 0.717) is 30.0 Å². The van der Waals surface area contributed by atoms with Gasteiger partial charge in [-0.05, 0) is 90.5 Å². The summed E-state index contributed by atoms with van der Waals surface area (Å²) in [6.45, 7) is 4.55. The zero-order chi connectivity index (χ0) is 19.5. The van der Waals surface area contributed by atoms with E-state index in [-0.39, 0.29) is 11.5 Å². The summed E-state index contributed by atoms with van der Waals surface area (Å²) < 4.78 is 0. The van der Waals surface area contributed by atoms with Gasteiger partial charge in [-0.1, -0.05) is 43.7 Å². The minimum Gasteiger partial charge on any atom is -0.393 e. The van der Waals surface area contributed by atoms with Crippen LogP contribution in [0.15, 0.2) is 47.1 Å². The van der Waals surface area contributed by atoms with E-state index in [1.807, 2.05) is 6.08 Å². The second-order valence-corrected chi connectivity index (χ2v) is 9.77. The van der Waals surface area contributed by atoms with Gasteiger partial charge in [0, 0.05) is 12.3 Å². The van der Waals surface area contributed by atoms with Gasteiger partial charge in [0.25, 0.3) is 0 Å². The second kappa shape index (κ2) is 6.69. The third-order valence-electron chi connectivity index (χ3n) is 8.47. The average molecular weight is 377 g/mol. The van der Waals surface area contributed by atoms with Crippen LogP contribution in [0.2, 0.25) is 0 Å². The summed E-state index contributed by atoms with van der Waals surface area (Å²) in [7, 11) is 0. The Labute approximate surface area is 168 Å². The zero-order valence-electron chi connectivity index (χ0n) is 17.2. The Morgan fingerprint density at radius 1 is 1.07 bits per heavy atom. The summed E-state index contributed by atoms with van der Waals surface area (Å²) in [5.74, 6) is 1.86. The molecule has 28 heavy (non-hydrogen) atoms. The highest BCUT2D eigenvalue weighted by atomic mass is 16.3. The summed E-state index contributed by atoms with van der Waals surface area (Å²) in [6.07, 6.45) is 9.75. The normalized spacial score (nSPS) is 37.2. The van der Waals surface area contributed by atoms with Crippen LogP contribution in [0.5, 0.6) is 0 Å². The highest BCUT2D eigenvalue weighted by molar-refractivity contribution is 5.93. The van der Waals surface area contributed by atoms with Gasteiger partial charge in [0.05, 0.1) is 6.10 Å². The molecule has 148 valence electrons. The number of fused-ring (bicyclic) bond motifs is 4. The first kappa shape index (κ1) is 18.4. The number of allylic oxidation sites excluding steroid dienone is 4. The van der Waals surface area contributed by atoms with E-state index in [2.05, 4.69) is 38.1 Å². The summed E-state index contributed by atoms with van der Waals surface area (Å²) in [5, 5.41) is 10.9. The van der Waals surface area contributed by atoms with E-state index in [4.69, 9.17) is 0 Å². The maximum absolute atomic E-state index is 12.0. The standard InChI is InChI=1S/C26H32O2/c1-3-16-4-6-17(7-5-16)22-15-26(2)23(12-13-24(26)28)21-10-8-18-14-19(27)9-11-20(18)25(21)22/h4-7,14,21-24,28H,3,8-13,15H2,1-2H3/t21?,22-,23?,24+,26+/m1/s1. The second-order valence-electron chi connectivity index (χ2n) is 9.77. The van der Waals surface area contributed by atoms with Gasteiger partial charge in [-0.15, -0.1) is 0 Å². The Bertz CT molecular complexity index is 859. The lowest BCUT2D eigenvalue weighted by Crippen LogP contribution is -2.45. The predicted molar refractivity (Wildman–Crippen MR) is 112 cm³/mol. The molecule has 0 amide bonds. The quantitative estimate of drug-likeness (QED) is 0.739. The molecule has 1 aromatic rings. The van der Waals surface area contributed by atoms with Crippen LogP contribution in [0.3, 0.4) is 0 Å². The number of benzene rings is 1. The largest absolute Gasteiger partial charge is 0.393 e. The van der Waals surface area contributed by atoms with Gasteiger partial charge < -0.3 is 5.11 Å². The topological polar surface area (TPSA) is 37.3 Å². The minimum atomic E-state index is -0.175. The summed E-state index contributed by atoms with van der Waals surface area (Å²) in [6, 6.07) is 9.20. The summed E-state index contributed by atoms with van der Waals surface area (Å²) in [4.78, 5) is 12.0. The molecule has 5 rings (SSSR count). The van der Waals surface area contributed by atoms with Crippen molar-refractivity contribution in [2.24, 2.45) is 17.3 Å². The SMILES string of the molecule is CCc1ccc([C@H]2C[C@@]3(C)C(CC[C@@H]3O)C3CCC4=CC(=O)CCC4=C32)cc1. The van der Waals surface area contributed by atoms with Crippen LogP contribution in [0.25, 0.3) is 0 Å². The van der Waals surface area contributed by atoms with Gasteiger partial charge in [-0.2, -0.15) is 0 Å². The maximum Gasteiger partial charge on any atom is 0.156 e. The number of ketones is 1. The molecule has 0 heterocycles. The molecule has 4 aliphatic rings. The van der Waals surface area contributed by atoms with Crippen molar-refractivity contribution in [2.75, 3.05) is 0 Å². The Morgan fingerprint density at radius 3 is 2.61 bits per heavy atom. The molecule has 2 unspecified atom stereocenters. The predicted octanol–water partition coefficient (Wildman–Crippen LogP) is 5.51. The van der Waals surface area contributed by atoms with E-state index in [0.717, 1.165) is 44.9 Å². The lowest BCUT2D eigenvalue weighted by Gasteiger charge is -2.52. The van der Waals surface area contributed by atoms with Crippen LogP contribution in [0.4, 0.5) is 0 Å². The van der Waals surface area contributed by atoms with Crippen LogP contribution >= 0.6 is 0 Å². The molecule has 1 N–H and O–H groups in total. The van der Waals surface area contributed by atoms with Crippen LogP contribution in [-0.2, 0) is 11.2 Å². The van der Waals surface area contributed by atoms with Crippen LogP contribution in [-0.4, -0.2) is 17.0 Å². The van der Waals surface area contributed by atoms with Gasteiger partial charge in [-0.25, -0.2) is 0 Å². The number of carbonyl (C=O) groups is 1. The molecule has 0 bridgehead atoms. The van der Waals surface area contributed by atoms with E-state index >= 15 is 0 Å². The van der Waals surface area contributed by atoms with Crippen LogP contribution in [0, 0.1) is 17.3 Å². The fourth-order valence-corrected chi connectivity index (χ4v) is 6.92. The van der Waals surface area contributed by atoms with Gasteiger partial charge in [0.2, 0.25) is 0 Å². The molecule has 2 saturated carbocycles. The van der Waals surface area contributed by atoms with Crippen molar-refractivity contribution in [1.82, 2.24) is 0 Å². The monoisotopic (exact) mass is 376 g/mol. The van der Waals surface area contributed by atoms with E-state index < -0.39 is 0 Å². The fourth-order valence-electron chi connectivity index (χ4n) is 6.92. The molecule has 0 aliphatic heterocycles. The molecule has 2 nitrogen and oxygen atoms in total. The smallest absolute Gasteiger partial charge is 0.156 e. The lowest BCUT2D eigenvalue weighted by molar-refractivity contribution is -0.114. The highest BCUT2D eigenvalue weighted by Crippen LogP contribution is 2.63. The molecule has 2 heteroatoms. The number of aliphatic hydroxyl groups excluding tert-OH is 1. The van der Waals surface area contributed by atoms with E-state index in [1.165, 1.54) is 22.3 Å². The number of aliphatic hydroxyl groups is 1. The van der Waals surface area contributed by atoms with Gasteiger partial charge >= 0.3 is 0 Å². The number of rotatable bonds is 2. The maximum atomic E-state index is 12.0. The molecule has 0 radical (unpaired) electrons. The van der Waals surface area contributed by atoms with E-state index in [1.54, 1.807) is 5.57 Å². The molecule has 0 spiro atoms. The van der Waals surface area contributed by atoms with Gasteiger partial charge in [0.15, 0.2) is 5.78 Å². The Hall–Kier alpha value is -1.67. The first-order valence-electron chi connectivity index (χ1n) is 11.2. The summed E-state index contributed by atoms with van der Waals surface area (Å²) in [5.41, 5.74) is 7.26. The van der Waals surface area contributed by atoms with Crippen LogP contribution in [0.1, 0.15) is 75.8 Å². The highest BCUT2D eigenvalue weighted by Gasteiger charge is 2.56. The van der Waals surface area contributed by atoms with Crippen molar-refractivity contribution in [3.63, 3.8) is 0 Å². The summed E-state index contributed by atoms with van der Waals surface area (Å²) >= 11 is 0. The molecule has 2 fully saturated rings. The Kier molecular flexibility index (Phi) is 4.39. The van der Waals surface area contributed by atoms with Crippen molar-refractivity contribution < 1.29 is 9.90 Å². The molecule has 5 atom stereocenters. The average Bonchev–Trinajstić information content (AvgIpc) is 3.01. The molecular weight excluding hydrogens is 344 g/mol. The fraction of sp³-hybridized carbons (Fsp3) is 0.577. The van der Waals surface area contributed by atoms with E-state index in [9.17, 15) is 9.90 Å². The molecule has 0 saturated heterocycles.